The van der Waals surface area contributed by atoms with Gasteiger partial charge in [-0.3, -0.25) is 9.10 Å². The molecule has 35 heavy (non-hydrogen) atoms. The average Bonchev–Trinajstić information content (AvgIpc) is 2.84. The van der Waals surface area contributed by atoms with Crippen LogP contribution in [0.4, 0.5) is 5.69 Å². The fourth-order valence-corrected chi connectivity index (χ4v) is 4.58. The maximum atomic E-state index is 13.4. The van der Waals surface area contributed by atoms with Crippen molar-refractivity contribution in [1.82, 2.24) is 5.43 Å². The van der Waals surface area contributed by atoms with Gasteiger partial charge in [0.25, 0.3) is 15.9 Å². The third kappa shape index (κ3) is 6.82. The highest BCUT2D eigenvalue weighted by Crippen LogP contribution is 2.26. The maximum absolute atomic E-state index is 13.4. The highest BCUT2D eigenvalue weighted by molar-refractivity contribution is 7.92. The molecule has 0 radical (unpaired) electrons. The highest BCUT2D eigenvalue weighted by Gasteiger charge is 2.27. The number of hydrogen-bond acceptors (Lipinski definition) is 6. The first-order valence-electron chi connectivity index (χ1n) is 10.5. The van der Waals surface area contributed by atoms with Crippen molar-refractivity contribution in [2.24, 2.45) is 5.10 Å². The Morgan fingerprint density at radius 3 is 2.40 bits per heavy atom. The number of nitriles is 1. The van der Waals surface area contributed by atoms with Crippen molar-refractivity contribution in [3.05, 3.63) is 88.4 Å². The topological polar surface area (TPSA) is 112 Å². The lowest BCUT2D eigenvalue weighted by Crippen LogP contribution is -2.39. The summed E-state index contributed by atoms with van der Waals surface area (Å²) < 4.78 is 33.0. The Hall–Kier alpha value is -3.87. The predicted octanol–water partition coefficient (Wildman–Crippen LogP) is 4.20. The van der Waals surface area contributed by atoms with Crippen molar-refractivity contribution in [1.29, 1.82) is 5.26 Å². The summed E-state index contributed by atoms with van der Waals surface area (Å²) in [5.74, 6) is -0.0878. The number of rotatable bonds is 9. The van der Waals surface area contributed by atoms with Crippen LogP contribution in [-0.2, 0) is 14.8 Å². The molecule has 0 saturated carbocycles. The van der Waals surface area contributed by atoms with Gasteiger partial charge in [0.15, 0.2) is 6.61 Å². The van der Waals surface area contributed by atoms with Crippen LogP contribution in [0.2, 0.25) is 5.02 Å². The monoisotopic (exact) mass is 510 g/mol. The Bertz CT molecular complexity index is 1370. The first-order valence-corrected chi connectivity index (χ1v) is 12.3. The van der Waals surface area contributed by atoms with E-state index in [9.17, 15) is 13.2 Å². The smallest absolute Gasteiger partial charge is 0.264 e. The van der Waals surface area contributed by atoms with Gasteiger partial charge in [-0.05, 0) is 91.2 Å². The fourth-order valence-electron chi connectivity index (χ4n) is 3.04. The third-order valence-electron chi connectivity index (χ3n) is 5.05. The Labute approximate surface area is 209 Å². The largest absolute Gasteiger partial charge is 0.479 e. The molecule has 0 spiro atoms. The molecule has 0 bridgehead atoms. The molecule has 1 N–H and O–H groups in total. The van der Waals surface area contributed by atoms with E-state index < -0.39 is 22.5 Å². The van der Waals surface area contributed by atoms with Gasteiger partial charge in [0.1, 0.15) is 18.4 Å². The number of anilines is 1. The lowest BCUT2D eigenvalue weighted by molar-refractivity contribution is -0.119. The second-order valence-corrected chi connectivity index (χ2v) is 9.84. The Balaban J connectivity index is 1.78. The van der Waals surface area contributed by atoms with Gasteiger partial charge in [-0.25, -0.2) is 13.8 Å². The number of aryl methyl sites for hydroxylation is 2. The van der Waals surface area contributed by atoms with E-state index in [0.717, 1.165) is 15.4 Å². The normalized spacial score (nSPS) is 11.1. The first-order chi connectivity index (χ1) is 16.7. The van der Waals surface area contributed by atoms with Crippen molar-refractivity contribution in [3.8, 4) is 11.8 Å². The number of halogens is 1. The fraction of sp³-hybridized carbons (Fsp3) is 0.160. The van der Waals surface area contributed by atoms with Crippen LogP contribution in [0, 0.1) is 25.2 Å². The van der Waals surface area contributed by atoms with Crippen LogP contribution in [0.5, 0.6) is 5.75 Å². The summed E-state index contributed by atoms with van der Waals surface area (Å²) in [5.41, 5.74) is 5.28. The molecule has 0 heterocycles. The Morgan fingerprint density at radius 1 is 1.09 bits per heavy atom. The van der Waals surface area contributed by atoms with Gasteiger partial charge in [-0.15, -0.1) is 0 Å². The lowest BCUT2D eigenvalue weighted by atomic mass is 10.1. The molecule has 0 aromatic heterocycles. The highest BCUT2D eigenvalue weighted by atomic mass is 35.5. The van der Waals surface area contributed by atoms with Crippen molar-refractivity contribution >= 4 is 39.4 Å². The number of nitrogens with zero attached hydrogens (tertiary/aromatic N) is 3. The minimum Gasteiger partial charge on any atom is -0.479 e. The zero-order valence-electron chi connectivity index (χ0n) is 19.1. The molecule has 0 aliphatic carbocycles. The van der Waals surface area contributed by atoms with Gasteiger partial charge in [0, 0.05) is 5.02 Å². The van der Waals surface area contributed by atoms with E-state index in [4.69, 9.17) is 21.6 Å². The molecule has 0 fully saturated rings. The van der Waals surface area contributed by atoms with E-state index in [0.29, 0.717) is 22.0 Å². The quantitative estimate of drug-likeness (QED) is 0.342. The Kier molecular flexibility index (Phi) is 8.47. The standard InChI is InChI=1S/C25H23ClN4O4S/c1-18-3-8-22(15-19(18)2)30(35(32,33)24-11-6-21(26)7-12-24)17-25(31)29-28-16-20-4-9-23(10-5-20)34-14-13-27/h3-12,15-16H,14,17H2,1-2H3,(H,29,31)/b28-16-. The number of carbonyl (C=O) groups is 1. The maximum Gasteiger partial charge on any atom is 0.264 e. The van der Waals surface area contributed by atoms with Crippen LogP contribution in [0.3, 0.4) is 0 Å². The molecule has 1 amide bonds. The molecule has 3 aromatic rings. The van der Waals surface area contributed by atoms with Gasteiger partial charge in [0.05, 0.1) is 16.8 Å². The molecular formula is C25H23ClN4O4S. The van der Waals surface area contributed by atoms with E-state index >= 15 is 0 Å². The summed E-state index contributed by atoms with van der Waals surface area (Å²) in [6, 6.07) is 19.5. The molecule has 3 aromatic carbocycles. The van der Waals surface area contributed by atoms with Crippen LogP contribution >= 0.6 is 11.6 Å². The van der Waals surface area contributed by atoms with Gasteiger partial charge in [-0.2, -0.15) is 10.4 Å². The molecular weight excluding hydrogens is 488 g/mol. The zero-order chi connectivity index (χ0) is 25.4. The number of sulfonamides is 1. The second-order valence-electron chi connectivity index (χ2n) is 7.54. The molecule has 3 rings (SSSR count). The SMILES string of the molecule is Cc1ccc(N(CC(=O)N/N=C\c2ccc(OCC#N)cc2)S(=O)(=O)c2ccc(Cl)cc2)cc1C. The van der Waals surface area contributed by atoms with Gasteiger partial charge in [0.2, 0.25) is 0 Å². The number of benzene rings is 3. The molecule has 0 atom stereocenters. The summed E-state index contributed by atoms with van der Waals surface area (Å²) in [4.78, 5) is 12.7. The number of carbonyl (C=O) groups excluding carboxylic acids is 1. The second kappa shape index (κ2) is 11.5. The summed E-state index contributed by atoms with van der Waals surface area (Å²) in [7, 11) is -4.06. The first kappa shape index (κ1) is 25.7. The lowest BCUT2D eigenvalue weighted by Gasteiger charge is -2.24. The third-order valence-corrected chi connectivity index (χ3v) is 7.09. The van der Waals surface area contributed by atoms with E-state index in [1.165, 1.54) is 30.5 Å². The van der Waals surface area contributed by atoms with Gasteiger partial charge in [-0.1, -0.05) is 17.7 Å². The molecule has 8 nitrogen and oxygen atoms in total. The van der Waals surface area contributed by atoms with Crippen molar-refractivity contribution in [3.63, 3.8) is 0 Å². The number of hydrazone groups is 1. The molecule has 180 valence electrons. The Morgan fingerprint density at radius 2 is 1.77 bits per heavy atom. The van der Waals surface area contributed by atoms with Crippen LogP contribution in [0.1, 0.15) is 16.7 Å². The van der Waals surface area contributed by atoms with E-state index in [1.54, 1.807) is 42.5 Å². The number of amides is 1. The predicted molar refractivity (Wildman–Crippen MR) is 135 cm³/mol. The van der Waals surface area contributed by atoms with Crippen LogP contribution in [0.25, 0.3) is 0 Å². The summed E-state index contributed by atoms with van der Waals surface area (Å²) in [6.07, 6.45) is 1.42. The number of ether oxygens (including phenoxy) is 1. The number of nitrogens with one attached hydrogen (secondary N) is 1. The van der Waals surface area contributed by atoms with Crippen LogP contribution in [0.15, 0.2) is 76.7 Å². The van der Waals surface area contributed by atoms with Crippen LogP contribution in [-0.4, -0.2) is 33.7 Å². The van der Waals surface area contributed by atoms with E-state index in [-0.39, 0.29) is 11.5 Å². The summed E-state index contributed by atoms with van der Waals surface area (Å²) in [5, 5.41) is 12.9. The summed E-state index contributed by atoms with van der Waals surface area (Å²) >= 11 is 5.91. The van der Waals surface area contributed by atoms with E-state index in [1.807, 2.05) is 19.9 Å². The number of hydrogen-bond donors (Lipinski definition) is 1. The average molecular weight is 511 g/mol. The van der Waals surface area contributed by atoms with Gasteiger partial charge < -0.3 is 4.74 Å². The zero-order valence-corrected chi connectivity index (χ0v) is 20.7. The van der Waals surface area contributed by atoms with Crippen molar-refractivity contribution in [2.45, 2.75) is 18.7 Å². The van der Waals surface area contributed by atoms with Crippen molar-refractivity contribution in [2.75, 3.05) is 17.5 Å². The van der Waals surface area contributed by atoms with Crippen LogP contribution < -0.4 is 14.5 Å². The molecule has 0 saturated heterocycles. The molecule has 0 aliphatic heterocycles. The molecule has 0 unspecified atom stereocenters. The minimum absolute atomic E-state index is 0.00939. The molecule has 10 heteroatoms. The van der Waals surface area contributed by atoms with Gasteiger partial charge >= 0.3 is 0 Å². The van der Waals surface area contributed by atoms with Crippen molar-refractivity contribution < 1.29 is 17.9 Å². The summed E-state index contributed by atoms with van der Waals surface area (Å²) in [6.45, 7) is 3.25. The van der Waals surface area contributed by atoms with E-state index in [2.05, 4.69) is 10.5 Å². The molecule has 0 aliphatic rings. The minimum atomic E-state index is -4.06.